The number of amides is 1. The number of hydrogen-bond acceptors (Lipinski definition) is 3. The van der Waals surface area contributed by atoms with E-state index in [1.165, 1.54) is 0 Å². The van der Waals surface area contributed by atoms with Gasteiger partial charge in [0.1, 0.15) is 5.75 Å². The van der Waals surface area contributed by atoms with Gasteiger partial charge < -0.3 is 14.7 Å². The van der Waals surface area contributed by atoms with Crippen LogP contribution in [0.3, 0.4) is 0 Å². The van der Waals surface area contributed by atoms with Crippen molar-refractivity contribution >= 4 is 5.91 Å². The van der Waals surface area contributed by atoms with Gasteiger partial charge in [0.2, 0.25) is 5.91 Å². The molecule has 3 rings (SSSR count). The van der Waals surface area contributed by atoms with Crippen LogP contribution in [0.15, 0.2) is 24.3 Å². The summed E-state index contributed by atoms with van der Waals surface area (Å²) < 4.78 is 28.9. The van der Waals surface area contributed by atoms with E-state index in [9.17, 15) is 18.7 Å². The van der Waals surface area contributed by atoms with Crippen LogP contribution in [0.2, 0.25) is 0 Å². The molecular weight excluding hydrogens is 364 g/mol. The van der Waals surface area contributed by atoms with Gasteiger partial charge in [-0.15, -0.1) is 0 Å². The Morgan fingerprint density at radius 1 is 1.25 bits per heavy atom. The highest BCUT2D eigenvalue weighted by Gasteiger charge is 2.47. The standard InChI is InChI=1S/C22H31F2NO3/c1-2-3-18(13-26)20(27)25-14-22(15-25)10-8-17(9-11-22)12-16-4-6-19(7-5-16)28-21(23)24/h4-7,17-18,21,26H,2-3,8-15H2,1H3/t18-/m1/s1. The highest BCUT2D eigenvalue weighted by atomic mass is 19.3. The topological polar surface area (TPSA) is 49.8 Å². The van der Waals surface area contributed by atoms with Gasteiger partial charge in [0.25, 0.3) is 0 Å². The molecule has 1 aliphatic heterocycles. The van der Waals surface area contributed by atoms with Gasteiger partial charge in [-0.2, -0.15) is 8.78 Å². The number of halogens is 2. The van der Waals surface area contributed by atoms with Gasteiger partial charge in [-0.3, -0.25) is 4.79 Å². The molecule has 1 heterocycles. The Morgan fingerprint density at radius 2 is 1.89 bits per heavy atom. The van der Waals surface area contributed by atoms with Crippen molar-refractivity contribution in [2.24, 2.45) is 17.3 Å². The summed E-state index contributed by atoms with van der Waals surface area (Å²) >= 11 is 0. The highest BCUT2D eigenvalue weighted by Crippen LogP contribution is 2.46. The number of hydrogen-bond donors (Lipinski definition) is 1. The predicted octanol–water partition coefficient (Wildman–Crippen LogP) is 4.26. The molecule has 0 bridgehead atoms. The molecule has 1 N–H and O–H groups in total. The summed E-state index contributed by atoms with van der Waals surface area (Å²) in [6, 6.07) is 6.95. The summed E-state index contributed by atoms with van der Waals surface area (Å²) in [4.78, 5) is 14.4. The number of aliphatic hydroxyl groups excluding tert-OH is 1. The Bertz CT molecular complexity index is 634. The van der Waals surface area contributed by atoms with Crippen molar-refractivity contribution in [2.45, 2.75) is 58.5 Å². The molecule has 6 heteroatoms. The maximum absolute atomic E-state index is 12.5. The minimum Gasteiger partial charge on any atom is -0.435 e. The SMILES string of the molecule is CCC[C@H](CO)C(=O)N1CC2(CCC(Cc3ccc(OC(F)F)cc3)CC2)C1. The summed E-state index contributed by atoms with van der Waals surface area (Å²) in [5, 5.41) is 9.44. The molecule has 2 aliphatic rings. The highest BCUT2D eigenvalue weighted by molar-refractivity contribution is 5.80. The third kappa shape index (κ3) is 5.02. The lowest BCUT2D eigenvalue weighted by atomic mass is 9.65. The molecule has 1 aromatic rings. The van der Waals surface area contributed by atoms with Crippen LogP contribution in [-0.2, 0) is 11.2 Å². The second-order valence-electron chi connectivity index (χ2n) is 8.53. The second-order valence-corrected chi connectivity index (χ2v) is 8.53. The summed E-state index contributed by atoms with van der Waals surface area (Å²) in [5.41, 5.74) is 1.42. The van der Waals surface area contributed by atoms with E-state index in [0.717, 1.165) is 63.6 Å². The van der Waals surface area contributed by atoms with Crippen LogP contribution in [0.1, 0.15) is 51.0 Å². The van der Waals surface area contributed by atoms with Gasteiger partial charge >= 0.3 is 6.61 Å². The van der Waals surface area contributed by atoms with Crippen molar-refractivity contribution in [1.82, 2.24) is 4.90 Å². The minimum atomic E-state index is -2.79. The summed E-state index contributed by atoms with van der Waals surface area (Å²) in [6.07, 6.45) is 7.15. The van der Waals surface area contributed by atoms with Crippen LogP contribution in [0.4, 0.5) is 8.78 Å². The van der Waals surface area contributed by atoms with Crippen LogP contribution in [-0.4, -0.2) is 42.2 Å². The molecule has 1 saturated heterocycles. The Balaban J connectivity index is 1.43. The number of ether oxygens (including phenoxy) is 1. The van der Waals surface area contributed by atoms with E-state index in [2.05, 4.69) is 4.74 Å². The average Bonchev–Trinajstić information content (AvgIpc) is 2.65. The maximum Gasteiger partial charge on any atom is 0.387 e. The second kappa shape index (κ2) is 9.21. The van der Waals surface area contributed by atoms with E-state index in [4.69, 9.17) is 0 Å². The first-order valence-electron chi connectivity index (χ1n) is 10.4. The largest absolute Gasteiger partial charge is 0.435 e. The zero-order valence-corrected chi connectivity index (χ0v) is 16.6. The molecule has 0 aromatic heterocycles. The number of aliphatic hydroxyl groups is 1. The van der Waals surface area contributed by atoms with E-state index in [1.54, 1.807) is 12.1 Å². The normalized spacial score (nSPS) is 20.2. The van der Waals surface area contributed by atoms with Gasteiger partial charge in [-0.25, -0.2) is 0 Å². The molecule has 1 saturated carbocycles. The smallest absolute Gasteiger partial charge is 0.387 e. The van der Waals surface area contributed by atoms with Crippen LogP contribution in [0.5, 0.6) is 5.75 Å². The number of carbonyl (C=O) groups excluding carboxylic acids is 1. The monoisotopic (exact) mass is 395 g/mol. The van der Waals surface area contributed by atoms with Gasteiger partial charge in [0, 0.05) is 18.5 Å². The zero-order valence-electron chi connectivity index (χ0n) is 16.6. The first-order chi connectivity index (χ1) is 13.4. The summed E-state index contributed by atoms with van der Waals surface area (Å²) in [7, 11) is 0. The van der Waals surface area contributed by atoms with Crippen molar-refractivity contribution in [1.29, 1.82) is 0 Å². The summed E-state index contributed by atoms with van der Waals surface area (Å²) in [5.74, 6) is 0.672. The molecule has 1 amide bonds. The van der Waals surface area contributed by atoms with E-state index in [1.807, 2.05) is 24.0 Å². The Morgan fingerprint density at radius 3 is 2.43 bits per heavy atom. The molecule has 1 aliphatic carbocycles. The molecule has 2 fully saturated rings. The third-order valence-electron chi connectivity index (χ3n) is 6.41. The molecule has 156 valence electrons. The quantitative estimate of drug-likeness (QED) is 0.716. The molecule has 0 radical (unpaired) electrons. The lowest BCUT2D eigenvalue weighted by Crippen LogP contribution is -2.61. The van der Waals surface area contributed by atoms with Crippen molar-refractivity contribution < 1.29 is 23.4 Å². The minimum absolute atomic E-state index is 0.0562. The number of alkyl halides is 2. The first-order valence-corrected chi connectivity index (χ1v) is 10.4. The Labute approximate surface area is 165 Å². The molecule has 1 atom stereocenters. The number of rotatable bonds is 8. The molecule has 0 unspecified atom stereocenters. The fourth-order valence-electron chi connectivity index (χ4n) is 4.77. The van der Waals surface area contributed by atoms with Crippen LogP contribution in [0.25, 0.3) is 0 Å². The third-order valence-corrected chi connectivity index (χ3v) is 6.41. The fourth-order valence-corrected chi connectivity index (χ4v) is 4.77. The lowest BCUT2D eigenvalue weighted by Gasteiger charge is -2.54. The molecule has 28 heavy (non-hydrogen) atoms. The van der Waals surface area contributed by atoms with Crippen molar-refractivity contribution in [3.8, 4) is 5.75 Å². The number of nitrogens with zero attached hydrogens (tertiary/aromatic N) is 1. The first kappa shape index (κ1) is 21.0. The number of likely N-dealkylation sites (tertiary alicyclic amines) is 1. The molecule has 4 nitrogen and oxygen atoms in total. The Hall–Kier alpha value is -1.69. The van der Waals surface area contributed by atoms with Crippen molar-refractivity contribution in [2.75, 3.05) is 19.7 Å². The molecule has 1 spiro atoms. The van der Waals surface area contributed by atoms with Gasteiger partial charge in [-0.05, 0) is 62.1 Å². The van der Waals surface area contributed by atoms with Gasteiger partial charge in [0.15, 0.2) is 0 Å². The van der Waals surface area contributed by atoms with Crippen LogP contribution >= 0.6 is 0 Å². The fraction of sp³-hybridized carbons (Fsp3) is 0.682. The van der Waals surface area contributed by atoms with Gasteiger partial charge in [0.05, 0.1) is 12.5 Å². The lowest BCUT2D eigenvalue weighted by molar-refractivity contribution is -0.152. The van der Waals surface area contributed by atoms with Crippen molar-refractivity contribution in [3.05, 3.63) is 29.8 Å². The number of carbonyl (C=O) groups is 1. The van der Waals surface area contributed by atoms with E-state index in [0.29, 0.717) is 5.92 Å². The number of benzene rings is 1. The van der Waals surface area contributed by atoms with E-state index < -0.39 is 6.61 Å². The Kier molecular flexibility index (Phi) is 6.91. The maximum atomic E-state index is 12.5. The summed E-state index contributed by atoms with van der Waals surface area (Å²) in [6.45, 7) is 0.855. The molecule has 1 aromatic carbocycles. The predicted molar refractivity (Wildman–Crippen MR) is 103 cm³/mol. The van der Waals surface area contributed by atoms with E-state index in [-0.39, 0.29) is 29.6 Å². The van der Waals surface area contributed by atoms with Crippen molar-refractivity contribution in [3.63, 3.8) is 0 Å². The molecular formula is C22H31F2NO3. The van der Waals surface area contributed by atoms with Crippen LogP contribution in [0, 0.1) is 17.3 Å². The zero-order chi connectivity index (χ0) is 20.1. The van der Waals surface area contributed by atoms with Crippen LogP contribution < -0.4 is 4.74 Å². The van der Waals surface area contributed by atoms with E-state index >= 15 is 0 Å². The van der Waals surface area contributed by atoms with Gasteiger partial charge in [-0.1, -0.05) is 25.5 Å². The average molecular weight is 395 g/mol.